The fourth-order valence-electron chi connectivity index (χ4n) is 2.83. The summed E-state index contributed by atoms with van der Waals surface area (Å²) in [5.74, 6) is 0. The fourth-order valence-corrected chi connectivity index (χ4v) is 2.83. The van der Waals surface area contributed by atoms with Crippen LogP contribution in [-0.2, 0) is 0 Å². The van der Waals surface area contributed by atoms with E-state index in [1.54, 1.807) is 0 Å². The zero-order valence-electron chi connectivity index (χ0n) is 21.1. The maximum Gasteiger partial charge on any atom is 0.0934 e. The quantitative estimate of drug-likeness (QED) is 0.370. The van der Waals surface area contributed by atoms with Gasteiger partial charge in [-0.2, -0.15) is 0 Å². The maximum absolute atomic E-state index is 4.40. The van der Waals surface area contributed by atoms with Gasteiger partial charge in [0.1, 0.15) is 0 Å². The molecule has 0 spiro atoms. The van der Waals surface area contributed by atoms with E-state index in [9.17, 15) is 0 Å². The van der Waals surface area contributed by atoms with Crippen molar-refractivity contribution in [2.24, 2.45) is 15.8 Å². The number of rotatable bonds is 6. The van der Waals surface area contributed by atoms with E-state index in [4.69, 9.17) is 0 Å². The molecule has 0 atom stereocenters. The van der Waals surface area contributed by atoms with Gasteiger partial charge in [-0.3, -0.25) is 4.99 Å². The number of anilines is 1. The largest absolute Gasteiger partial charge is 0.386 e. The van der Waals surface area contributed by atoms with Gasteiger partial charge in [-0.15, -0.1) is 0 Å². The highest BCUT2D eigenvalue weighted by atomic mass is 14.9. The molecule has 0 bridgehead atoms. The van der Waals surface area contributed by atoms with Crippen LogP contribution < -0.4 is 5.32 Å². The average Bonchev–Trinajstić information content (AvgIpc) is 2.66. The number of hydrogen-bond donors (Lipinski definition) is 1. The topological polar surface area (TPSA) is 24.4 Å². The van der Waals surface area contributed by atoms with Crippen LogP contribution >= 0.6 is 0 Å². The van der Waals surface area contributed by atoms with Crippen LogP contribution in [-0.4, -0.2) is 13.8 Å². The standard InChI is InChI=1S/C28H42N2/c1-19(13-15-21(3)27(5,6)7)23-17-18-24(26(30-12)25(23)29-11)20(2)14-16-22(4)28(8,9)10/h13-18,30H,11H2,1-10,12H3/b19-13+,20-14+,21-15?,22-16?. The molecule has 0 fully saturated rings. The lowest BCUT2D eigenvalue weighted by molar-refractivity contribution is 0.504. The number of nitrogens with one attached hydrogen (secondary N) is 1. The lowest BCUT2D eigenvalue weighted by atomic mass is 9.87. The summed E-state index contributed by atoms with van der Waals surface area (Å²) >= 11 is 0. The number of allylic oxidation sites excluding steroid dienone is 8. The average molecular weight is 407 g/mol. The number of hydrogen-bond acceptors (Lipinski definition) is 2. The zero-order valence-corrected chi connectivity index (χ0v) is 21.1. The molecule has 30 heavy (non-hydrogen) atoms. The van der Waals surface area contributed by atoms with Crippen LogP contribution in [0, 0.1) is 10.8 Å². The summed E-state index contributed by atoms with van der Waals surface area (Å²) in [6.45, 7) is 25.9. The second-order valence-corrected chi connectivity index (χ2v) is 10.2. The smallest absolute Gasteiger partial charge is 0.0934 e. The molecule has 2 nitrogen and oxygen atoms in total. The molecule has 0 saturated heterocycles. The Morgan fingerprint density at radius 1 is 0.767 bits per heavy atom. The summed E-state index contributed by atoms with van der Waals surface area (Å²) in [5, 5.41) is 3.36. The Morgan fingerprint density at radius 3 is 1.53 bits per heavy atom. The molecule has 0 aliphatic heterocycles. The first-order valence-corrected chi connectivity index (χ1v) is 10.8. The summed E-state index contributed by atoms with van der Waals surface area (Å²) in [6.07, 6.45) is 8.80. The Bertz CT molecular complexity index is 892. The second kappa shape index (κ2) is 10.1. The SMILES string of the molecule is C=Nc1c(/C(C)=C/C=C(C)C(C)(C)C)ccc(/C(C)=C/C=C(C)C(C)(C)C)c1NC. The highest BCUT2D eigenvalue weighted by Crippen LogP contribution is 2.39. The predicted molar refractivity (Wildman–Crippen MR) is 139 cm³/mol. The van der Waals surface area contributed by atoms with E-state index < -0.39 is 0 Å². The van der Waals surface area contributed by atoms with Gasteiger partial charge in [0.05, 0.1) is 11.4 Å². The summed E-state index contributed by atoms with van der Waals surface area (Å²) in [4.78, 5) is 4.40. The van der Waals surface area contributed by atoms with E-state index in [1.165, 1.54) is 22.3 Å². The van der Waals surface area contributed by atoms with E-state index in [2.05, 4.69) is 123 Å². The molecule has 1 aromatic rings. The van der Waals surface area contributed by atoms with E-state index in [0.717, 1.165) is 22.5 Å². The van der Waals surface area contributed by atoms with Gasteiger partial charge in [0, 0.05) is 18.2 Å². The molecule has 0 aliphatic rings. The van der Waals surface area contributed by atoms with Crippen LogP contribution in [0.25, 0.3) is 11.1 Å². The van der Waals surface area contributed by atoms with Gasteiger partial charge in [-0.25, -0.2) is 0 Å². The zero-order chi connectivity index (χ0) is 23.3. The molecule has 0 radical (unpaired) electrons. The third kappa shape index (κ3) is 6.58. The van der Waals surface area contributed by atoms with Gasteiger partial charge < -0.3 is 5.32 Å². The van der Waals surface area contributed by atoms with Gasteiger partial charge in [0.2, 0.25) is 0 Å². The van der Waals surface area contributed by atoms with Crippen molar-refractivity contribution in [1.82, 2.24) is 0 Å². The molecule has 164 valence electrons. The van der Waals surface area contributed by atoms with Crippen LogP contribution in [0.4, 0.5) is 11.4 Å². The molecule has 1 rings (SSSR count). The Balaban J connectivity index is 3.51. The monoisotopic (exact) mass is 406 g/mol. The van der Waals surface area contributed by atoms with Crippen molar-refractivity contribution in [2.75, 3.05) is 12.4 Å². The lowest BCUT2D eigenvalue weighted by Crippen LogP contribution is -2.06. The Kier molecular flexibility index (Phi) is 8.65. The highest BCUT2D eigenvalue weighted by Gasteiger charge is 2.15. The van der Waals surface area contributed by atoms with Crippen LogP contribution in [0.1, 0.15) is 80.4 Å². The van der Waals surface area contributed by atoms with Gasteiger partial charge >= 0.3 is 0 Å². The van der Waals surface area contributed by atoms with Crippen LogP contribution in [0.5, 0.6) is 0 Å². The molecule has 0 heterocycles. The molecule has 0 saturated carbocycles. The molecule has 0 unspecified atom stereocenters. The minimum absolute atomic E-state index is 0.164. The van der Waals surface area contributed by atoms with E-state index in [1.807, 2.05) is 7.05 Å². The first kappa shape index (κ1) is 25.7. The van der Waals surface area contributed by atoms with Gasteiger partial charge in [-0.1, -0.05) is 89.1 Å². The van der Waals surface area contributed by atoms with Crippen molar-refractivity contribution in [3.63, 3.8) is 0 Å². The summed E-state index contributed by atoms with van der Waals surface area (Å²) in [5.41, 5.74) is 9.57. The molecular formula is C28H42N2. The Labute approximate surface area is 185 Å². The molecule has 0 aromatic heterocycles. The van der Waals surface area contributed by atoms with Crippen LogP contribution in [0.3, 0.4) is 0 Å². The van der Waals surface area contributed by atoms with Gasteiger partial charge in [-0.05, 0) is 56.4 Å². The molecule has 0 aliphatic carbocycles. The van der Waals surface area contributed by atoms with Crippen molar-refractivity contribution in [1.29, 1.82) is 0 Å². The second-order valence-electron chi connectivity index (χ2n) is 10.2. The van der Waals surface area contributed by atoms with Crippen LogP contribution in [0.15, 0.2) is 52.6 Å². The van der Waals surface area contributed by atoms with Crippen molar-refractivity contribution >= 4 is 29.2 Å². The molecule has 0 amide bonds. The lowest BCUT2D eigenvalue weighted by Gasteiger charge is -2.20. The Morgan fingerprint density at radius 2 is 1.17 bits per heavy atom. The van der Waals surface area contributed by atoms with Crippen molar-refractivity contribution in [3.05, 3.63) is 58.7 Å². The fraction of sp³-hybridized carbons (Fsp3) is 0.464. The third-order valence-electron chi connectivity index (χ3n) is 5.97. The van der Waals surface area contributed by atoms with Crippen molar-refractivity contribution in [2.45, 2.75) is 69.2 Å². The number of nitrogens with zero attached hydrogens (tertiary/aromatic N) is 1. The third-order valence-corrected chi connectivity index (χ3v) is 5.97. The summed E-state index contributed by atoms with van der Waals surface area (Å²) in [7, 11) is 1.95. The summed E-state index contributed by atoms with van der Waals surface area (Å²) in [6, 6.07) is 4.34. The van der Waals surface area contributed by atoms with Crippen molar-refractivity contribution in [3.8, 4) is 0 Å². The molecule has 2 heteroatoms. The molecular weight excluding hydrogens is 364 g/mol. The molecule has 1 aromatic carbocycles. The van der Waals surface area contributed by atoms with Crippen LogP contribution in [0.2, 0.25) is 0 Å². The maximum atomic E-state index is 4.40. The van der Waals surface area contributed by atoms with E-state index in [0.29, 0.717) is 0 Å². The van der Waals surface area contributed by atoms with E-state index in [-0.39, 0.29) is 10.8 Å². The Hall–Kier alpha value is -2.35. The van der Waals surface area contributed by atoms with Crippen molar-refractivity contribution < 1.29 is 0 Å². The van der Waals surface area contributed by atoms with Gasteiger partial charge in [0.25, 0.3) is 0 Å². The predicted octanol–water partition coefficient (Wildman–Crippen LogP) is 8.85. The first-order valence-electron chi connectivity index (χ1n) is 10.8. The van der Waals surface area contributed by atoms with E-state index >= 15 is 0 Å². The normalized spacial score (nSPS) is 14.8. The number of benzene rings is 1. The van der Waals surface area contributed by atoms with Gasteiger partial charge in [0.15, 0.2) is 0 Å². The highest BCUT2D eigenvalue weighted by molar-refractivity contribution is 5.91. The summed E-state index contributed by atoms with van der Waals surface area (Å²) < 4.78 is 0. The minimum atomic E-state index is 0.164. The first-order chi connectivity index (χ1) is 13.7. The minimum Gasteiger partial charge on any atom is -0.386 e. The number of aliphatic imine (C=N–C) groups is 1. The molecule has 1 N–H and O–H groups in total.